The summed E-state index contributed by atoms with van der Waals surface area (Å²) in [4.78, 5) is 19.2. The van der Waals surface area contributed by atoms with Crippen molar-refractivity contribution in [3.8, 4) is 5.75 Å². The van der Waals surface area contributed by atoms with Crippen molar-refractivity contribution in [2.24, 2.45) is 0 Å². The molecule has 0 aliphatic carbocycles. The molecule has 0 amide bonds. The van der Waals surface area contributed by atoms with Crippen molar-refractivity contribution in [3.05, 3.63) is 47.4 Å². The molecule has 2 aromatic rings. The van der Waals surface area contributed by atoms with Crippen molar-refractivity contribution in [3.63, 3.8) is 0 Å². The van der Waals surface area contributed by atoms with Crippen LogP contribution in [0.25, 0.3) is 0 Å². The number of carbonyl (C=O) groups is 1. The quantitative estimate of drug-likeness (QED) is 0.653. The molecule has 0 atom stereocenters. The van der Waals surface area contributed by atoms with Crippen molar-refractivity contribution < 1.29 is 14.6 Å². The molecule has 0 bridgehead atoms. The summed E-state index contributed by atoms with van der Waals surface area (Å²) in [6.07, 6.45) is 0. The maximum atomic E-state index is 10.6. The Kier molecular flexibility index (Phi) is 5.16. The summed E-state index contributed by atoms with van der Waals surface area (Å²) in [5.41, 5.74) is 1.84. The third-order valence-corrected chi connectivity index (χ3v) is 3.57. The largest absolute Gasteiger partial charge is 0.485 e. The van der Waals surface area contributed by atoms with E-state index in [9.17, 15) is 4.79 Å². The molecule has 1 aromatic heterocycles. The van der Waals surface area contributed by atoms with Gasteiger partial charge in [-0.2, -0.15) is 0 Å². The lowest BCUT2D eigenvalue weighted by Gasteiger charge is -2.09. The number of aromatic nitrogens is 2. The smallest absolute Gasteiger partial charge is 0.313 e. The van der Waals surface area contributed by atoms with Gasteiger partial charge in [0, 0.05) is 5.69 Å². The second-order valence-electron chi connectivity index (χ2n) is 4.50. The average Bonchev–Trinajstić information content (AvgIpc) is 2.44. The van der Waals surface area contributed by atoms with E-state index in [1.807, 2.05) is 38.1 Å². The van der Waals surface area contributed by atoms with E-state index in [1.54, 1.807) is 6.07 Å². The van der Waals surface area contributed by atoms with Crippen LogP contribution < -0.4 is 4.74 Å². The van der Waals surface area contributed by atoms with Crippen LogP contribution in [0, 0.1) is 13.8 Å². The van der Waals surface area contributed by atoms with Gasteiger partial charge in [-0.05, 0) is 31.5 Å². The third-order valence-electron chi connectivity index (χ3n) is 2.67. The fourth-order valence-corrected chi connectivity index (χ4v) is 2.43. The first kappa shape index (κ1) is 15.3. The standard InChI is InChI=1S/C15H16N2O3S/c1-10-5-3-4-6-12(10)20-8-13-16-11(2)7-14(17-13)21-9-15(18)19/h3-7H,8-9H2,1-2H3,(H,18,19). The number of hydrogen-bond acceptors (Lipinski definition) is 5. The van der Waals surface area contributed by atoms with E-state index in [4.69, 9.17) is 9.84 Å². The number of para-hydroxylation sites is 1. The van der Waals surface area contributed by atoms with E-state index >= 15 is 0 Å². The van der Waals surface area contributed by atoms with Crippen LogP contribution in [0.4, 0.5) is 0 Å². The molecule has 0 radical (unpaired) electrons. The Morgan fingerprint density at radius 2 is 2.05 bits per heavy atom. The number of thioether (sulfide) groups is 1. The highest BCUT2D eigenvalue weighted by Gasteiger charge is 2.07. The monoisotopic (exact) mass is 304 g/mol. The van der Waals surface area contributed by atoms with Crippen molar-refractivity contribution in [1.82, 2.24) is 9.97 Å². The normalized spacial score (nSPS) is 10.4. The molecule has 21 heavy (non-hydrogen) atoms. The zero-order chi connectivity index (χ0) is 15.2. The van der Waals surface area contributed by atoms with Crippen LogP contribution in [0.5, 0.6) is 5.75 Å². The molecule has 5 nitrogen and oxygen atoms in total. The molecule has 0 fully saturated rings. The summed E-state index contributed by atoms with van der Waals surface area (Å²) in [7, 11) is 0. The minimum absolute atomic E-state index is 0.0193. The summed E-state index contributed by atoms with van der Waals surface area (Å²) in [6, 6.07) is 9.50. The molecule has 1 N–H and O–H groups in total. The number of ether oxygens (including phenoxy) is 1. The number of aliphatic carboxylic acids is 1. The highest BCUT2D eigenvalue weighted by Crippen LogP contribution is 2.19. The summed E-state index contributed by atoms with van der Waals surface area (Å²) < 4.78 is 5.71. The minimum Gasteiger partial charge on any atom is -0.485 e. The van der Waals surface area contributed by atoms with Crippen LogP contribution in [-0.4, -0.2) is 26.8 Å². The number of aryl methyl sites for hydroxylation is 2. The number of benzene rings is 1. The van der Waals surface area contributed by atoms with Gasteiger partial charge in [-0.1, -0.05) is 30.0 Å². The molecular formula is C15H16N2O3S. The zero-order valence-corrected chi connectivity index (χ0v) is 12.7. The van der Waals surface area contributed by atoms with Gasteiger partial charge >= 0.3 is 5.97 Å². The van der Waals surface area contributed by atoms with Gasteiger partial charge in [0.1, 0.15) is 17.4 Å². The highest BCUT2D eigenvalue weighted by atomic mass is 32.2. The third kappa shape index (κ3) is 4.75. The van der Waals surface area contributed by atoms with Gasteiger partial charge in [-0.25, -0.2) is 9.97 Å². The number of rotatable bonds is 6. The summed E-state index contributed by atoms with van der Waals surface area (Å²) >= 11 is 1.18. The number of carboxylic acids is 1. The first-order valence-corrected chi connectivity index (χ1v) is 7.41. The summed E-state index contributed by atoms with van der Waals surface area (Å²) in [5.74, 6) is 0.455. The maximum absolute atomic E-state index is 10.6. The van der Waals surface area contributed by atoms with E-state index in [-0.39, 0.29) is 12.4 Å². The average molecular weight is 304 g/mol. The van der Waals surface area contributed by atoms with Crippen LogP contribution in [0.1, 0.15) is 17.1 Å². The van der Waals surface area contributed by atoms with Gasteiger partial charge in [0.05, 0.1) is 5.75 Å². The highest BCUT2D eigenvalue weighted by molar-refractivity contribution is 7.99. The van der Waals surface area contributed by atoms with Crippen LogP contribution >= 0.6 is 11.8 Å². The first-order valence-electron chi connectivity index (χ1n) is 6.42. The molecule has 2 rings (SSSR count). The summed E-state index contributed by atoms with van der Waals surface area (Å²) in [6.45, 7) is 4.08. The van der Waals surface area contributed by atoms with E-state index in [2.05, 4.69) is 9.97 Å². The predicted molar refractivity (Wildman–Crippen MR) is 80.6 cm³/mol. The van der Waals surface area contributed by atoms with Gasteiger partial charge in [-0.15, -0.1) is 0 Å². The summed E-state index contributed by atoms with van der Waals surface area (Å²) in [5, 5.41) is 9.35. The zero-order valence-electron chi connectivity index (χ0n) is 11.9. The molecule has 0 spiro atoms. The Balaban J connectivity index is 2.06. The van der Waals surface area contributed by atoms with E-state index in [0.717, 1.165) is 17.0 Å². The molecule has 0 saturated heterocycles. The molecule has 0 unspecified atom stereocenters. The molecule has 1 aromatic carbocycles. The second kappa shape index (κ2) is 7.08. The molecule has 0 aliphatic heterocycles. The Labute approximate surface area is 127 Å². The lowest BCUT2D eigenvalue weighted by molar-refractivity contribution is -0.133. The Morgan fingerprint density at radius 3 is 2.76 bits per heavy atom. The Bertz CT molecular complexity index is 647. The van der Waals surface area contributed by atoms with Gasteiger partial charge in [0.25, 0.3) is 0 Å². The molecule has 0 saturated carbocycles. The first-order chi connectivity index (χ1) is 10.0. The molecule has 0 aliphatic rings. The van der Waals surface area contributed by atoms with E-state index in [1.165, 1.54) is 11.8 Å². The fourth-order valence-electron chi connectivity index (χ4n) is 1.73. The Hall–Kier alpha value is -2.08. The van der Waals surface area contributed by atoms with Crippen molar-refractivity contribution in [2.45, 2.75) is 25.5 Å². The van der Waals surface area contributed by atoms with Crippen molar-refractivity contribution in [1.29, 1.82) is 0 Å². The lowest BCUT2D eigenvalue weighted by atomic mass is 10.2. The minimum atomic E-state index is -0.867. The van der Waals surface area contributed by atoms with Crippen molar-refractivity contribution in [2.75, 3.05) is 5.75 Å². The van der Waals surface area contributed by atoms with Gasteiger partial charge in [-0.3, -0.25) is 4.79 Å². The van der Waals surface area contributed by atoms with Crippen LogP contribution in [0.15, 0.2) is 35.4 Å². The molecular weight excluding hydrogens is 288 g/mol. The molecule has 1 heterocycles. The molecule has 6 heteroatoms. The molecule has 110 valence electrons. The second-order valence-corrected chi connectivity index (χ2v) is 5.50. The van der Waals surface area contributed by atoms with E-state index < -0.39 is 5.97 Å². The number of nitrogens with zero attached hydrogens (tertiary/aromatic N) is 2. The van der Waals surface area contributed by atoms with Crippen LogP contribution in [0.3, 0.4) is 0 Å². The number of carboxylic acid groups (broad SMARTS) is 1. The predicted octanol–water partition coefficient (Wildman–Crippen LogP) is 2.85. The van der Waals surface area contributed by atoms with Crippen molar-refractivity contribution >= 4 is 17.7 Å². The van der Waals surface area contributed by atoms with Crippen LogP contribution in [0.2, 0.25) is 0 Å². The van der Waals surface area contributed by atoms with Gasteiger partial charge in [0.15, 0.2) is 5.82 Å². The maximum Gasteiger partial charge on any atom is 0.313 e. The van der Waals surface area contributed by atoms with Gasteiger partial charge in [0.2, 0.25) is 0 Å². The van der Waals surface area contributed by atoms with Crippen LogP contribution in [-0.2, 0) is 11.4 Å². The SMILES string of the molecule is Cc1cc(SCC(=O)O)nc(COc2ccccc2C)n1. The van der Waals surface area contributed by atoms with Gasteiger partial charge < -0.3 is 9.84 Å². The Morgan fingerprint density at radius 1 is 1.29 bits per heavy atom. The topological polar surface area (TPSA) is 72.3 Å². The lowest BCUT2D eigenvalue weighted by Crippen LogP contribution is -2.05. The van der Waals surface area contributed by atoms with E-state index in [0.29, 0.717) is 10.9 Å². The fraction of sp³-hybridized carbons (Fsp3) is 0.267. The number of hydrogen-bond donors (Lipinski definition) is 1.